The van der Waals surface area contributed by atoms with Gasteiger partial charge in [-0.15, -0.1) is 0 Å². The third-order valence-corrected chi connectivity index (χ3v) is 6.01. The first-order valence-corrected chi connectivity index (χ1v) is 10.7. The lowest BCUT2D eigenvalue weighted by Gasteiger charge is -2.26. The van der Waals surface area contributed by atoms with Crippen molar-refractivity contribution in [1.82, 2.24) is 19.2 Å². The number of hydrogen-bond acceptors (Lipinski definition) is 5. The van der Waals surface area contributed by atoms with Crippen LogP contribution in [0.3, 0.4) is 0 Å². The van der Waals surface area contributed by atoms with Crippen LogP contribution in [0.25, 0.3) is 11.4 Å². The monoisotopic (exact) mass is 452 g/mol. The van der Waals surface area contributed by atoms with Gasteiger partial charge in [-0.25, -0.2) is 4.98 Å². The molecule has 0 unspecified atom stereocenters. The second-order valence-corrected chi connectivity index (χ2v) is 8.71. The van der Waals surface area contributed by atoms with Crippen LogP contribution in [0.2, 0.25) is 5.02 Å². The molecule has 8 heteroatoms. The van der Waals surface area contributed by atoms with Gasteiger partial charge < -0.3 is 14.9 Å². The normalized spacial score (nSPS) is 18.3. The molecule has 1 atom stereocenters. The summed E-state index contributed by atoms with van der Waals surface area (Å²) >= 11 is 6.07. The van der Waals surface area contributed by atoms with Crippen LogP contribution in [-0.4, -0.2) is 63.2 Å². The molecule has 0 radical (unpaired) electrons. The summed E-state index contributed by atoms with van der Waals surface area (Å²) in [7, 11) is 3.80. The van der Waals surface area contributed by atoms with Crippen LogP contribution >= 0.6 is 11.6 Å². The van der Waals surface area contributed by atoms with Crippen molar-refractivity contribution >= 4 is 34.7 Å². The average Bonchev–Trinajstić information content (AvgIpc) is 3.21. The number of rotatable bonds is 5. The first-order valence-electron chi connectivity index (χ1n) is 10.3. The molecule has 1 aliphatic rings. The number of aryl methyl sites for hydroxylation is 2. The quantitative estimate of drug-likeness (QED) is 0.363. The minimum atomic E-state index is -0.720. The zero-order valence-corrected chi connectivity index (χ0v) is 19.2. The summed E-state index contributed by atoms with van der Waals surface area (Å²) in [5.41, 5.74) is 3.38. The number of aliphatic hydroxyl groups excluding tert-OH is 1. The van der Waals surface area contributed by atoms with Crippen molar-refractivity contribution < 1.29 is 14.7 Å². The molecule has 3 heterocycles. The number of nitrogens with zero attached hydrogens (tertiary/aromatic N) is 4. The van der Waals surface area contributed by atoms with E-state index in [1.54, 1.807) is 41.8 Å². The Bertz CT molecular complexity index is 1240. The van der Waals surface area contributed by atoms with E-state index in [0.717, 1.165) is 5.56 Å². The van der Waals surface area contributed by atoms with E-state index in [1.165, 1.54) is 4.90 Å². The summed E-state index contributed by atoms with van der Waals surface area (Å²) in [6.45, 7) is 4.62. The highest BCUT2D eigenvalue weighted by Crippen LogP contribution is 2.40. The standard InChI is InChI=1S/C24H25ClN4O3/c1-14-6-5-11-28-19(15(2)26-23(14)28)21(30)18-20(16-7-9-17(25)10-8-16)29(13-12-27(3)4)24(32)22(18)31/h5-11,20,30H,12-13H2,1-4H3/t20-/m0/s1. The van der Waals surface area contributed by atoms with Gasteiger partial charge in [-0.3, -0.25) is 14.0 Å². The third-order valence-electron chi connectivity index (χ3n) is 5.76. The SMILES string of the molecule is Cc1nc2c(C)cccn2c1C(O)=C1C(=O)C(=O)N(CCN(C)C)[C@H]1c1ccc(Cl)cc1. The lowest BCUT2D eigenvalue weighted by molar-refractivity contribution is -0.140. The number of aromatic nitrogens is 2. The number of carbonyl (C=O) groups is 2. The number of likely N-dealkylation sites (N-methyl/N-ethyl adjacent to an activating group) is 1. The molecule has 0 bridgehead atoms. The molecule has 1 N–H and O–H groups in total. The molecular weight excluding hydrogens is 428 g/mol. The summed E-state index contributed by atoms with van der Waals surface area (Å²) in [6.07, 6.45) is 1.79. The van der Waals surface area contributed by atoms with Crippen molar-refractivity contribution in [2.45, 2.75) is 19.9 Å². The Labute approximate surface area is 191 Å². The van der Waals surface area contributed by atoms with E-state index in [-0.39, 0.29) is 11.3 Å². The third kappa shape index (κ3) is 3.67. The Morgan fingerprint density at radius 3 is 2.50 bits per heavy atom. The largest absolute Gasteiger partial charge is 0.505 e. The Morgan fingerprint density at radius 1 is 1.16 bits per heavy atom. The van der Waals surface area contributed by atoms with E-state index in [1.807, 2.05) is 38.1 Å². The van der Waals surface area contributed by atoms with Crippen LogP contribution in [0, 0.1) is 13.8 Å². The molecule has 166 valence electrons. The van der Waals surface area contributed by atoms with Crippen molar-refractivity contribution in [2.75, 3.05) is 27.2 Å². The van der Waals surface area contributed by atoms with Crippen molar-refractivity contribution in [3.05, 3.63) is 75.7 Å². The molecule has 1 aromatic carbocycles. The number of fused-ring (bicyclic) bond motifs is 1. The van der Waals surface area contributed by atoms with Crippen LogP contribution in [0.5, 0.6) is 0 Å². The average molecular weight is 453 g/mol. The molecule has 0 aliphatic carbocycles. The number of hydrogen-bond donors (Lipinski definition) is 1. The molecule has 0 spiro atoms. The summed E-state index contributed by atoms with van der Waals surface area (Å²) in [4.78, 5) is 34.2. The van der Waals surface area contributed by atoms with Gasteiger partial charge in [-0.2, -0.15) is 0 Å². The van der Waals surface area contributed by atoms with Gasteiger partial charge in [0.1, 0.15) is 11.3 Å². The fourth-order valence-corrected chi connectivity index (χ4v) is 4.27. The highest BCUT2D eigenvalue weighted by atomic mass is 35.5. The Balaban J connectivity index is 1.94. The van der Waals surface area contributed by atoms with Crippen LogP contribution in [0.4, 0.5) is 0 Å². The maximum Gasteiger partial charge on any atom is 0.295 e. The van der Waals surface area contributed by atoms with Gasteiger partial charge >= 0.3 is 0 Å². The number of benzene rings is 1. The molecule has 32 heavy (non-hydrogen) atoms. The summed E-state index contributed by atoms with van der Waals surface area (Å²) in [5, 5.41) is 12.0. The number of likely N-dealkylation sites (tertiary alicyclic amines) is 1. The number of amides is 1. The molecule has 1 fully saturated rings. The molecule has 1 saturated heterocycles. The first-order chi connectivity index (χ1) is 15.2. The molecule has 2 aromatic heterocycles. The van der Waals surface area contributed by atoms with E-state index >= 15 is 0 Å². The minimum absolute atomic E-state index is 0.0579. The van der Waals surface area contributed by atoms with Crippen LogP contribution in [0.1, 0.15) is 28.6 Å². The Morgan fingerprint density at radius 2 is 1.84 bits per heavy atom. The number of carbonyl (C=O) groups excluding carboxylic acids is 2. The Kier molecular flexibility index (Phi) is 5.79. The molecule has 3 aromatic rings. The van der Waals surface area contributed by atoms with Crippen molar-refractivity contribution in [2.24, 2.45) is 0 Å². The minimum Gasteiger partial charge on any atom is -0.505 e. The zero-order valence-electron chi connectivity index (χ0n) is 18.5. The molecule has 7 nitrogen and oxygen atoms in total. The van der Waals surface area contributed by atoms with Gasteiger partial charge in [-0.1, -0.05) is 29.8 Å². The number of ketones is 1. The second kappa shape index (κ2) is 8.41. The predicted octanol–water partition coefficient (Wildman–Crippen LogP) is 3.59. The van der Waals surface area contributed by atoms with Gasteiger partial charge in [0, 0.05) is 24.3 Å². The Hall–Kier alpha value is -3.16. The van der Waals surface area contributed by atoms with Crippen molar-refractivity contribution in [3.8, 4) is 0 Å². The van der Waals surface area contributed by atoms with E-state index in [0.29, 0.717) is 40.7 Å². The lowest BCUT2D eigenvalue weighted by Crippen LogP contribution is -2.35. The van der Waals surface area contributed by atoms with Crippen LogP contribution in [0.15, 0.2) is 48.2 Å². The molecule has 4 rings (SSSR count). The van der Waals surface area contributed by atoms with Crippen LogP contribution < -0.4 is 0 Å². The number of imidazole rings is 1. The molecule has 1 amide bonds. The van der Waals surface area contributed by atoms with E-state index in [9.17, 15) is 14.7 Å². The van der Waals surface area contributed by atoms with Gasteiger partial charge in [0.2, 0.25) is 0 Å². The van der Waals surface area contributed by atoms with Crippen molar-refractivity contribution in [1.29, 1.82) is 0 Å². The van der Waals surface area contributed by atoms with E-state index in [4.69, 9.17) is 11.6 Å². The summed E-state index contributed by atoms with van der Waals surface area (Å²) in [5.74, 6) is -1.56. The van der Waals surface area contributed by atoms with E-state index in [2.05, 4.69) is 4.98 Å². The number of aliphatic hydroxyl groups is 1. The number of halogens is 1. The maximum atomic E-state index is 13.2. The zero-order chi connectivity index (χ0) is 23.2. The number of pyridine rings is 1. The molecule has 0 saturated carbocycles. The molecular formula is C24H25ClN4O3. The highest BCUT2D eigenvalue weighted by molar-refractivity contribution is 6.46. The first kappa shape index (κ1) is 22.0. The fraction of sp³-hybridized carbons (Fsp3) is 0.292. The van der Waals surface area contributed by atoms with Gasteiger partial charge in [0.05, 0.1) is 17.3 Å². The fourth-order valence-electron chi connectivity index (χ4n) is 4.14. The highest BCUT2D eigenvalue weighted by Gasteiger charge is 2.46. The summed E-state index contributed by atoms with van der Waals surface area (Å²) in [6, 6.07) is 10.0. The smallest absolute Gasteiger partial charge is 0.295 e. The van der Waals surface area contributed by atoms with Crippen molar-refractivity contribution in [3.63, 3.8) is 0 Å². The lowest BCUT2D eigenvalue weighted by atomic mass is 9.96. The van der Waals surface area contributed by atoms with Gasteiger partial charge in [-0.05, 0) is 57.3 Å². The topological polar surface area (TPSA) is 78.1 Å². The van der Waals surface area contributed by atoms with Crippen LogP contribution in [-0.2, 0) is 9.59 Å². The number of Topliss-reactive ketones (excluding diaryl/α,β-unsaturated/α-hetero) is 1. The molecule has 1 aliphatic heterocycles. The van der Waals surface area contributed by atoms with E-state index < -0.39 is 17.7 Å². The maximum absolute atomic E-state index is 13.2. The second-order valence-electron chi connectivity index (χ2n) is 8.28. The predicted molar refractivity (Wildman–Crippen MR) is 124 cm³/mol. The van der Waals surface area contributed by atoms with Gasteiger partial charge in [0.25, 0.3) is 11.7 Å². The summed E-state index contributed by atoms with van der Waals surface area (Å²) < 4.78 is 1.76. The van der Waals surface area contributed by atoms with Gasteiger partial charge in [0.15, 0.2) is 5.76 Å².